The van der Waals surface area contributed by atoms with Gasteiger partial charge in [-0.05, 0) is 0 Å². The molecule has 0 heterocycles. The first-order chi connectivity index (χ1) is 9.28. The van der Waals surface area contributed by atoms with Gasteiger partial charge in [-0.1, -0.05) is 52.3 Å². The Morgan fingerprint density at radius 3 is 1.29 bits per heavy atom. The Hall–Kier alpha value is -1.17. The largest absolute Gasteiger partial charge is 0.516 e. The number of aliphatic hydroxyl groups is 2. The topological polar surface area (TPSA) is 162 Å². The van der Waals surface area contributed by atoms with Gasteiger partial charge in [-0.15, -0.1) is 0 Å². The highest BCUT2D eigenvalue weighted by molar-refractivity contribution is 9.10. The molecular formula is C10H16Br2O9. The Balaban J connectivity index is -0.000000242. The minimum absolute atomic E-state index is 0.556. The normalized spacial score (nSPS) is 12.3. The number of carboxylic acids is 1. The zero-order chi connectivity index (χ0) is 17.8. The number of aliphatic hydroxyl groups excluding tert-OH is 2. The van der Waals surface area contributed by atoms with Gasteiger partial charge in [-0.3, -0.25) is 0 Å². The van der Waals surface area contributed by atoms with Crippen molar-refractivity contribution in [1.82, 2.24) is 0 Å². The van der Waals surface area contributed by atoms with Crippen LogP contribution >= 0.6 is 31.9 Å². The molecule has 0 saturated carbocycles. The van der Waals surface area contributed by atoms with E-state index in [1.54, 1.807) is 13.8 Å². The molecule has 0 fully saturated rings. The predicted octanol–water partition coefficient (Wildman–Crippen LogP) is 2.06. The number of rotatable bonds is 3. The number of halogens is 2. The number of hydrogen-bond acceptors (Lipinski definition) is 6. The molecule has 0 rings (SSSR count). The van der Waals surface area contributed by atoms with Gasteiger partial charge < -0.3 is 30.3 Å². The maximum atomic E-state index is 9.25. The Labute approximate surface area is 137 Å². The lowest BCUT2D eigenvalue weighted by Crippen LogP contribution is -2.33. The third kappa shape index (κ3) is 18.8. The summed E-state index contributed by atoms with van der Waals surface area (Å²) in [5.74, 6) is -0.981. The summed E-state index contributed by atoms with van der Waals surface area (Å²) < 4.78 is 3.08. The van der Waals surface area contributed by atoms with E-state index in [4.69, 9.17) is 25.5 Å². The average molecular weight is 440 g/mol. The lowest BCUT2D eigenvalue weighted by atomic mass is 9.96. The van der Waals surface area contributed by atoms with E-state index in [0.29, 0.717) is 0 Å². The van der Waals surface area contributed by atoms with Crippen LogP contribution in [0.5, 0.6) is 0 Å². The quantitative estimate of drug-likeness (QED) is 0.191. The molecule has 0 aliphatic rings. The summed E-state index contributed by atoms with van der Waals surface area (Å²) in [6.07, 6.45) is -2.79. The predicted molar refractivity (Wildman–Crippen MR) is 78.6 cm³/mol. The van der Waals surface area contributed by atoms with Crippen molar-refractivity contribution in [2.24, 2.45) is 5.41 Å². The van der Waals surface area contributed by atoms with E-state index in [9.17, 15) is 14.4 Å². The highest BCUT2D eigenvalue weighted by Gasteiger charge is 2.32. The lowest BCUT2D eigenvalue weighted by Gasteiger charge is -2.28. The summed E-state index contributed by atoms with van der Waals surface area (Å²) in [6.45, 7) is 6.44. The summed E-state index contributed by atoms with van der Waals surface area (Å²) in [4.78, 5) is 27.7. The van der Waals surface area contributed by atoms with E-state index < -0.39 is 33.7 Å². The number of ether oxygens (including phenoxy) is 1. The van der Waals surface area contributed by atoms with Crippen LogP contribution in [0.1, 0.15) is 13.8 Å². The molecule has 0 aliphatic carbocycles. The van der Waals surface area contributed by atoms with Crippen LogP contribution in [0.25, 0.3) is 0 Å². The fraction of sp³-hybridized carbons (Fsp3) is 0.500. The molecule has 0 amide bonds. The molecule has 11 heteroatoms. The van der Waals surface area contributed by atoms with E-state index in [-0.39, 0.29) is 0 Å². The molecule has 2 atom stereocenters. The smallest absolute Gasteiger partial charge is 0.478 e. The van der Waals surface area contributed by atoms with Crippen LogP contribution in [0.15, 0.2) is 12.7 Å². The first kappa shape index (κ1) is 24.8. The summed E-state index contributed by atoms with van der Waals surface area (Å²) in [7, 11) is 0. The molecule has 0 aromatic heterocycles. The third-order valence-corrected chi connectivity index (χ3v) is 3.94. The molecule has 124 valence electrons. The van der Waals surface area contributed by atoms with Crippen molar-refractivity contribution in [3.05, 3.63) is 12.7 Å². The van der Waals surface area contributed by atoms with Crippen LogP contribution in [0.4, 0.5) is 9.59 Å². The second-order valence-electron chi connectivity index (χ2n) is 3.67. The summed E-state index contributed by atoms with van der Waals surface area (Å²) in [5, 5.41) is 39.1. The highest BCUT2D eigenvalue weighted by atomic mass is 79.9. The van der Waals surface area contributed by atoms with Crippen molar-refractivity contribution in [3.63, 3.8) is 0 Å². The molecular weight excluding hydrogens is 424 g/mol. The summed E-state index contributed by atoms with van der Waals surface area (Å²) in [5.41, 5.74) is -0.556. The van der Waals surface area contributed by atoms with E-state index in [1.165, 1.54) is 0 Å². The molecule has 0 aliphatic heterocycles. The maximum Gasteiger partial charge on any atom is 0.516 e. The zero-order valence-electron chi connectivity index (χ0n) is 11.1. The van der Waals surface area contributed by atoms with E-state index >= 15 is 0 Å². The molecule has 0 aromatic rings. The maximum absolute atomic E-state index is 9.25. The van der Waals surface area contributed by atoms with Crippen molar-refractivity contribution in [1.29, 1.82) is 0 Å². The molecule has 0 bridgehead atoms. The fourth-order valence-electron chi connectivity index (χ4n) is 0.188. The molecule has 0 saturated heterocycles. The van der Waals surface area contributed by atoms with E-state index in [2.05, 4.69) is 43.2 Å². The van der Waals surface area contributed by atoms with Crippen molar-refractivity contribution in [2.75, 3.05) is 0 Å². The van der Waals surface area contributed by atoms with Gasteiger partial charge in [0, 0.05) is 11.5 Å². The van der Waals surface area contributed by atoms with Gasteiger partial charge in [0.2, 0.25) is 0 Å². The Morgan fingerprint density at radius 1 is 1.05 bits per heavy atom. The SMILES string of the molecule is C=CC(=O)O.CC(C)(C(O)Br)C(O)Br.O=C(O)OC(=O)O. The highest BCUT2D eigenvalue weighted by Crippen LogP contribution is 2.31. The van der Waals surface area contributed by atoms with Crippen molar-refractivity contribution in [2.45, 2.75) is 23.9 Å². The first-order valence-corrected chi connectivity index (χ1v) is 6.75. The minimum atomic E-state index is -1.81. The Bertz CT molecular complexity index is 330. The van der Waals surface area contributed by atoms with Crippen LogP contribution in [0, 0.1) is 5.41 Å². The second-order valence-corrected chi connectivity index (χ2v) is 5.40. The van der Waals surface area contributed by atoms with Crippen LogP contribution in [-0.4, -0.2) is 53.8 Å². The van der Waals surface area contributed by atoms with Crippen LogP contribution in [0.2, 0.25) is 0 Å². The Kier molecular flexibility index (Phi) is 14.8. The molecule has 0 aromatic carbocycles. The van der Waals surface area contributed by atoms with Gasteiger partial charge >= 0.3 is 18.3 Å². The number of alkyl halides is 2. The molecule has 2 unspecified atom stereocenters. The molecule has 0 radical (unpaired) electrons. The number of carboxylic acid groups (broad SMARTS) is 3. The number of carbonyl (C=O) groups is 3. The lowest BCUT2D eigenvalue weighted by molar-refractivity contribution is -0.131. The van der Waals surface area contributed by atoms with Gasteiger partial charge in [-0.25, -0.2) is 14.4 Å². The minimum Gasteiger partial charge on any atom is -0.478 e. The van der Waals surface area contributed by atoms with Crippen molar-refractivity contribution < 1.29 is 44.7 Å². The van der Waals surface area contributed by atoms with Gasteiger partial charge in [-0.2, -0.15) is 0 Å². The molecule has 9 nitrogen and oxygen atoms in total. The number of aliphatic carboxylic acids is 1. The molecule has 5 N–H and O–H groups in total. The van der Waals surface area contributed by atoms with Gasteiger partial charge in [0.15, 0.2) is 0 Å². The fourth-order valence-corrected chi connectivity index (χ4v) is 1.04. The summed E-state index contributed by atoms with van der Waals surface area (Å²) >= 11 is 5.92. The van der Waals surface area contributed by atoms with E-state index in [0.717, 1.165) is 6.08 Å². The van der Waals surface area contributed by atoms with Gasteiger partial charge in [0.25, 0.3) is 0 Å². The molecule has 21 heavy (non-hydrogen) atoms. The number of hydrogen-bond donors (Lipinski definition) is 5. The van der Waals surface area contributed by atoms with Crippen molar-refractivity contribution in [3.8, 4) is 0 Å². The van der Waals surface area contributed by atoms with Gasteiger partial charge in [0.1, 0.15) is 10.0 Å². The van der Waals surface area contributed by atoms with Crippen LogP contribution in [-0.2, 0) is 9.53 Å². The van der Waals surface area contributed by atoms with Crippen molar-refractivity contribution >= 4 is 50.1 Å². The summed E-state index contributed by atoms with van der Waals surface area (Å²) in [6, 6.07) is 0. The first-order valence-electron chi connectivity index (χ1n) is 4.92. The molecule has 0 spiro atoms. The Morgan fingerprint density at radius 2 is 1.29 bits per heavy atom. The average Bonchev–Trinajstić information content (AvgIpc) is 2.28. The zero-order valence-corrected chi connectivity index (χ0v) is 14.2. The van der Waals surface area contributed by atoms with E-state index in [1.807, 2.05) is 0 Å². The van der Waals surface area contributed by atoms with Gasteiger partial charge in [0.05, 0.1) is 0 Å². The monoisotopic (exact) mass is 438 g/mol. The second kappa shape index (κ2) is 12.6. The van der Waals surface area contributed by atoms with Crippen LogP contribution < -0.4 is 0 Å². The van der Waals surface area contributed by atoms with Crippen LogP contribution in [0.3, 0.4) is 0 Å². The third-order valence-electron chi connectivity index (χ3n) is 1.58. The standard InChI is InChI=1S/C5H10Br2O2.C3H4O2.C2H2O5/c1-5(2,3(6)8)4(7)9;1-2-3(4)5;3-1(4)7-2(5)6/h3-4,8-9H,1-2H3;2H,1H2,(H,4,5);(H,3,4)(H,5,6).